The van der Waals surface area contributed by atoms with Crippen LogP contribution in [0, 0.1) is 0 Å². The zero-order valence-electron chi connectivity index (χ0n) is 8.58. The van der Waals surface area contributed by atoms with Crippen LogP contribution in [0.15, 0.2) is 6.07 Å². The Bertz CT molecular complexity index is 323. The number of hydrogen-bond acceptors (Lipinski definition) is 4. The van der Waals surface area contributed by atoms with Crippen LogP contribution in [0.2, 0.25) is 0 Å². The summed E-state index contributed by atoms with van der Waals surface area (Å²) in [6.07, 6.45) is 2.51. The summed E-state index contributed by atoms with van der Waals surface area (Å²) in [4.78, 5) is 8.76. The van der Waals surface area contributed by atoms with Crippen molar-refractivity contribution in [1.82, 2.24) is 9.97 Å². The average Bonchev–Trinajstić information content (AvgIpc) is 3.01. The van der Waals surface area contributed by atoms with Crippen LogP contribution >= 0.6 is 0 Å². The van der Waals surface area contributed by atoms with Crippen LogP contribution in [0.3, 0.4) is 0 Å². The van der Waals surface area contributed by atoms with Crippen molar-refractivity contribution in [2.45, 2.75) is 25.4 Å². The summed E-state index contributed by atoms with van der Waals surface area (Å²) in [5.74, 6) is 2.30. The third kappa shape index (κ3) is 2.01. The summed E-state index contributed by atoms with van der Waals surface area (Å²) >= 11 is 0. The van der Waals surface area contributed by atoms with Crippen LogP contribution in [0.4, 0.5) is 5.82 Å². The Hall–Kier alpha value is -1.16. The highest BCUT2D eigenvalue weighted by molar-refractivity contribution is 5.37. The highest BCUT2D eigenvalue weighted by Gasteiger charge is 2.25. The smallest absolute Gasteiger partial charge is 0.156 e. The second kappa shape index (κ2) is 3.92. The molecule has 0 unspecified atom stereocenters. The molecule has 1 N–H and O–H groups in total. The van der Waals surface area contributed by atoms with Crippen molar-refractivity contribution < 1.29 is 4.74 Å². The molecule has 76 valence electrons. The van der Waals surface area contributed by atoms with Crippen molar-refractivity contribution in [2.24, 2.45) is 0 Å². The molecule has 1 aliphatic rings. The minimum Gasteiger partial charge on any atom is -0.377 e. The maximum Gasteiger partial charge on any atom is 0.156 e. The minimum atomic E-state index is 0.481. The first-order valence-corrected chi connectivity index (χ1v) is 4.88. The fourth-order valence-electron chi connectivity index (χ4n) is 1.43. The lowest BCUT2D eigenvalue weighted by Crippen LogP contribution is -2.03. The number of aromatic nitrogens is 2. The van der Waals surface area contributed by atoms with Gasteiger partial charge in [0.05, 0.1) is 0 Å². The molecule has 0 amide bonds. The molecule has 1 fully saturated rings. The van der Waals surface area contributed by atoms with E-state index in [0.29, 0.717) is 12.5 Å². The van der Waals surface area contributed by atoms with E-state index in [9.17, 15) is 0 Å². The topological polar surface area (TPSA) is 47.0 Å². The van der Waals surface area contributed by atoms with Crippen LogP contribution in [-0.2, 0) is 11.3 Å². The summed E-state index contributed by atoms with van der Waals surface area (Å²) in [6, 6.07) is 2.02. The molecule has 4 nitrogen and oxygen atoms in total. The standard InChI is InChI=1S/C10H15N3O/c1-11-9-5-8(7-3-4-7)12-10(13-9)6-14-2/h5,7H,3-4,6H2,1-2H3,(H,11,12,13). The summed E-state index contributed by atoms with van der Waals surface area (Å²) in [5.41, 5.74) is 1.15. The Morgan fingerprint density at radius 2 is 2.29 bits per heavy atom. The van der Waals surface area contributed by atoms with Gasteiger partial charge in [-0.25, -0.2) is 9.97 Å². The predicted octanol–water partition coefficient (Wildman–Crippen LogP) is 1.54. The van der Waals surface area contributed by atoms with Gasteiger partial charge in [0.2, 0.25) is 0 Å². The zero-order chi connectivity index (χ0) is 9.97. The van der Waals surface area contributed by atoms with E-state index < -0.39 is 0 Å². The van der Waals surface area contributed by atoms with Crippen LogP contribution in [0.25, 0.3) is 0 Å². The van der Waals surface area contributed by atoms with E-state index in [1.165, 1.54) is 12.8 Å². The van der Waals surface area contributed by atoms with Gasteiger partial charge in [-0.05, 0) is 12.8 Å². The molecule has 0 aliphatic heterocycles. The quantitative estimate of drug-likeness (QED) is 0.788. The number of anilines is 1. The van der Waals surface area contributed by atoms with Gasteiger partial charge >= 0.3 is 0 Å². The maximum atomic E-state index is 5.03. The third-order valence-electron chi connectivity index (χ3n) is 2.32. The molecule has 1 saturated carbocycles. The fourth-order valence-corrected chi connectivity index (χ4v) is 1.43. The lowest BCUT2D eigenvalue weighted by Gasteiger charge is -2.06. The molecule has 1 aromatic heterocycles. The van der Waals surface area contributed by atoms with E-state index in [1.807, 2.05) is 13.1 Å². The third-order valence-corrected chi connectivity index (χ3v) is 2.32. The number of rotatable bonds is 4. The second-order valence-electron chi connectivity index (χ2n) is 3.55. The molecule has 1 aromatic rings. The monoisotopic (exact) mass is 193 g/mol. The molecular weight excluding hydrogens is 178 g/mol. The number of nitrogens with one attached hydrogen (secondary N) is 1. The van der Waals surface area contributed by atoms with E-state index in [1.54, 1.807) is 7.11 Å². The molecular formula is C10H15N3O. The van der Waals surface area contributed by atoms with E-state index in [0.717, 1.165) is 17.3 Å². The van der Waals surface area contributed by atoms with E-state index in [2.05, 4.69) is 15.3 Å². The normalized spacial score (nSPS) is 15.6. The lowest BCUT2D eigenvalue weighted by molar-refractivity contribution is 0.177. The second-order valence-corrected chi connectivity index (χ2v) is 3.55. The highest BCUT2D eigenvalue weighted by atomic mass is 16.5. The molecule has 1 aliphatic carbocycles. The van der Waals surface area contributed by atoms with Crippen molar-refractivity contribution in [3.63, 3.8) is 0 Å². The molecule has 0 atom stereocenters. The van der Waals surface area contributed by atoms with Crippen LogP contribution in [0.1, 0.15) is 30.3 Å². The summed E-state index contributed by atoms with van der Waals surface area (Å²) < 4.78 is 5.03. The fraction of sp³-hybridized carbons (Fsp3) is 0.600. The Kier molecular flexibility index (Phi) is 2.63. The highest BCUT2D eigenvalue weighted by Crippen LogP contribution is 2.39. The maximum absolute atomic E-state index is 5.03. The first-order valence-electron chi connectivity index (χ1n) is 4.88. The Labute approximate surface area is 83.7 Å². The zero-order valence-corrected chi connectivity index (χ0v) is 8.58. The van der Waals surface area contributed by atoms with Gasteiger partial charge in [-0.15, -0.1) is 0 Å². The number of nitrogens with zero attached hydrogens (tertiary/aromatic N) is 2. The molecule has 0 bridgehead atoms. The largest absolute Gasteiger partial charge is 0.377 e. The average molecular weight is 193 g/mol. The number of methoxy groups -OCH3 is 1. The van der Waals surface area contributed by atoms with E-state index in [-0.39, 0.29) is 0 Å². The van der Waals surface area contributed by atoms with Crippen LogP contribution in [0.5, 0.6) is 0 Å². The van der Waals surface area contributed by atoms with Gasteiger partial charge in [-0.3, -0.25) is 0 Å². The van der Waals surface area contributed by atoms with Gasteiger partial charge in [-0.2, -0.15) is 0 Å². The van der Waals surface area contributed by atoms with Crippen molar-refractivity contribution in [2.75, 3.05) is 19.5 Å². The van der Waals surface area contributed by atoms with Crippen molar-refractivity contribution >= 4 is 5.82 Å². The van der Waals surface area contributed by atoms with Gasteiger partial charge in [0.15, 0.2) is 5.82 Å². The Balaban J connectivity index is 2.26. The molecule has 0 spiro atoms. The summed E-state index contributed by atoms with van der Waals surface area (Å²) in [5, 5.41) is 3.04. The van der Waals surface area contributed by atoms with Gasteiger partial charge in [0.25, 0.3) is 0 Å². The SMILES string of the molecule is CNc1cc(C2CC2)nc(COC)n1. The molecule has 0 saturated heterocycles. The summed E-state index contributed by atoms with van der Waals surface area (Å²) in [6.45, 7) is 0.481. The first kappa shape index (κ1) is 9.40. The van der Waals surface area contributed by atoms with Gasteiger partial charge < -0.3 is 10.1 Å². The van der Waals surface area contributed by atoms with Crippen LogP contribution < -0.4 is 5.32 Å². The molecule has 14 heavy (non-hydrogen) atoms. The molecule has 2 rings (SSSR count). The number of hydrogen-bond donors (Lipinski definition) is 1. The van der Waals surface area contributed by atoms with E-state index >= 15 is 0 Å². The van der Waals surface area contributed by atoms with Gasteiger partial charge in [0, 0.05) is 31.8 Å². The minimum absolute atomic E-state index is 0.481. The molecule has 1 heterocycles. The van der Waals surface area contributed by atoms with Crippen molar-refractivity contribution in [3.8, 4) is 0 Å². The molecule has 0 radical (unpaired) electrons. The van der Waals surface area contributed by atoms with Crippen molar-refractivity contribution in [3.05, 3.63) is 17.6 Å². The van der Waals surface area contributed by atoms with Crippen molar-refractivity contribution in [1.29, 1.82) is 0 Å². The Morgan fingerprint density at radius 1 is 1.50 bits per heavy atom. The van der Waals surface area contributed by atoms with Crippen LogP contribution in [-0.4, -0.2) is 24.1 Å². The molecule has 0 aromatic carbocycles. The Morgan fingerprint density at radius 3 is 2.86 bits per heavy atom. The summed E-state index contributed by atoms with van der Waals surface area (Å²) in [7, 11) is 3.53. The first-order chi connectivity index (χ1) is 6.83. The molecule has 4 heteroatoms. The van der Waals surface area contributed by atoms with Gasteiger partial charge in [0.1, 0.15) is 12.4 Å². The number of ether oxygens (including phenoxy) is 1. The lowest BCUT2D eigenvalue weighted by atomic mass is 10.2. The van der Waals surface area contributed by atoms with Gasteiger partial charge in [-0.1, -0.05) is 0 Å². The van der Waals surface area contributed by atoms with E-state index in [4.69, 9.17) is 4.74 Å². The predicted molar refractivity (Wildman–Crippen MR) is 54.3 cm³/mol.